The lowest BCUT2D eigenvalue weighted by atomic mass is 10.1. The van der Waals surface area contributed by atoms with Crippen molar-refractivity contribution in [3.63, 3.8) is 0 Å². The minimum absolute atomic E-state index is 0.0993. The number of rotatable bonds is 4. The molecule has 35 heavy (non-hydrogen) atoms. The summed E-state index contributed by atoms with van der Waals surface area (Å²) >= 11 is 3.59. The summed E-state index contributed by atoms with van der Waals surface area (Å²) < 4.78 is 14.3. The molecule has 2 aromatic heterocycles. The van der Waals surface area contributed by atoms with Gasteiger partial charge in [-0.15, -0.1) is 0 Å². The van der Waals surface area contributed by atoms with E-state index in [-0.39, 0.29) is 6.23 Å². The van der Waals surface area contributed by atoms with Crippen LogP contribution in [0.4, 0.5) is 10.7 Å². The highest BCUT2D eigenvalue weighted by molar-refractivity contribution is 9.10. The number of carboxylic acid groups (broad SMARTS) is 1. The van der Waals surface area contributed by atoms with Gasteiger partial charge in [0.2, 0.25) is 5.95 Å². The number of carbonyl (C=O) groups is 1. The van der Waals surface area contributed by atoms with E-state index in [9.17, 15) is 9.90 Å². The molecule has 182 valence electrons. The first kappa shape index (κ1) is 22.3. The first-order valence-electron chi connectivity index (χ1n) is 11.6. The number of imidazole rings is 1. The highest BCUT2D eigenvalue weighted by Crippen LogP contribution is 2.36. The number of amides is 1. The summed E-state index contributed by atoms with van der Waals surface area (Å²) in [6, 6.07) is 5.85. The Hall–Kier alpha value is -3.18. The summed E-state index contributed by atoms with van der Waals surface area (Å²) in [5, 5.41) is 9.35. The van der Waals surface area contributed by atoms with Crippen molar-refractivity contribution in [2.45, 2.75) is 25.5 Å². The smallest absolute Gasteiger partial charge is 0.407 e. The van der Waals surface area contributed by atoms with Crippen molar-refractivity contribution in [1.29, 1.82) is 0 Å². The predicted octanol–water partition coefficient (Wildman–Crippen LogP) is 4.07. The van der Waals surface area contributed by atoms with Crippen molar-refractivity contribution in [3.8, 4) is 17.0 Å². The van der Waals surface area contributed by atoms with Crippen LogP contribution in [-0.2, 0) is 4.74 Å². The number of benzene rings is 1. The van der Waals surface area contributed by atoms with Crippen LogP contribution in [0.2, 0.25) is 0 Å². The summed E-state index contributed by atoms with van der Waals surface area (Å²) in [5.41, 5.74) is 5.36. The predicted molar refractivity (Wildman–Crippen MR) is 133 cm³/mol. The maximum atomic E-state index is 11.4. The van der Waals surface area contributed by atoms with Crippen molar-refractivity contribution in [2.24, 2.45) is 0 Å². The second-order valence-electron chi connectivity index (χ2n) is 9.07. The summed E-state index contributed by atoms with van der Waals surface area (Å²) in [4.78, 5) is 29.6. The number of hydrogen-bond donors (Lipinski definition) is 1. The first-order valence-corrected chi connectivity index (χ1v) is 12.4. The van der Waals surface area contributed by atoms with E-state index in [1.165, 1.54) is 4.90 Å². The lowest BCUT2D eigenvalue weighted by molar-refractivity contribution is -0.0298. The second-order valence-corrected chi connectivity index (χ2v) is 9.92. The molecule has 1 aromatic carbocycles. The van der Waals surface area contributed by atoms with E-state index in [1.807, 2.05) is 22.8 Å². The van der Waals surface area contributed by atoms with E-state index in [0.717, 1.165) is 69.7 Å². The quantitative estimate of drug-likeness (QED) is 0.493. The Morgan fingerprint density at radius 3 is 2.63 bits per heavy atom. The van der Waals surface area contributed by atoms with Crippen LogP contribution in [0.5, 0.6) is 5.75 Å². The lowest BCUT2D eigenvalue weighted by Crippen LogP contribution is -2.33. The van der Waals surface area contributed by atoms with Gasteiger partial charge < -0.3 is 24.4 Å². The highest BCUT2D eigenvalue weighted by Gasteiger charge is 2.34. The average molecular weight is 541 g/mol. The molecule has 3 aromatic rings. The summed E-state index contributed by atoms with van der Waals surface area (Å²) in [7, 11) is 1.64. The Morgan fingerprint density at radius 1 is 1.17 bits per heavy atom. The number of nitrogens with zero attached hydrogens (tertiary/aromatic N) is 6. The zero-order valence-electron chi connectivity index (χ0n) is 19.3. The maximum Gasteiger partial charge on any atom is 0.407 e. The number of ether oxygens (including phenoxy) is 2. The van der Waals surface area contributed by atoms with Crippen LogP contribution in [-0.4, -0.2) is 75.5 Å². The van der Waals surface area contributed by atoms with Gasteiger partial charge >= 0.3 is 6.09 Å². The third-order valence-corrected chi connectivity index (χ3v) is 7.50. The fourth-order valence-electron chi connectivity index (χ4n) is 5.07. The number of aromatic nitrogens is 4. The molecule has 1 unspecified atom stereocenters. The molecule has 0 bridgehead atoms. The Kier molecular flexibility index (Phi) is 5.60. The minimum Gasteiger partial charge on any atom is -0.496 e. The standard InChI is InChI=1S/C24H25BrN6O4/c1-34-18-6-5-14(8-17(18)25)20-21-22(31(13-26-21)19-4-2-3-7-35-19)28-23(27-20)29-9-15-11-30(24(32)33)12-16(15)10-29/h5-6,8,13,19H,2-4,7,9-12H2,1H3,(H,32,33). The zero-order valence-corrected chi connectivity index (χ0v) is 20.9. The van der Waals surface area contributed by atoms with Crippen LogP contribution in [0, 0.1) is 0 Å². The molecule has 3 aliphatic heterocycles. The molecule has 0 saturated carbocycles. The van der Waals surface area contributed by atoms with Crippen LogP contribution in [0.1, 0.15) is 25.5 Å². The molecule has 1 N–H and O–H groups in total. The van der Waals surface area contributed by atoms with Crippen molar-refractivity contribution < 1.29 is 19.4 Å². The molecule has 10 nitrogen and oxygen atoms in total. The number of hydrogen-bond acceptors (Lipinski definition) is 7. The summed E-state index contributed by atoms with van der Waals surface area (Å²) in [6.07, 6.45) is 3.90. The van der Waals surface area contributed by atoms with Crippen LogP contribution in [0.3, 0.4) is 0 Å². The average Bonchev–Trinajstić information content (AvgIpc) is 3.57. The van der Waals surface area contributed by atoms with Gasteiger partial charge in [0.05, 0.1) is 17.9 Å². The fraction of sp³-hybridized carbons (Fsp3) is 0.417. The zero-order chi connectivity index (χ0) is 24.1. The number of methoxy groups -OCH3 is 1. The Balaban J connectivity index is 1.42. The molecule has 1 fully saturated rings. The molecule has 11 heteroatoms. The Morgan fingerprint density at radius 2 is 1.97 bits per heavy atom. The van der Waals surface area contributed by atoms with Crippen LogP contribution >= 0.6 is 15.9 Å². The SMILES string of the molecule is COc1ccc(-c2nc(N3CC4=C(CN(C(=O)O)C4)C3)nc3c2ncn3C2CCCCO2)cc1Br. The van der Waals surface area contributed by atoms with Gasteiger partial charge in [0, 0.05) is 38.3 Å². The molecular weight excluding hydrogens is 516 g/mol. The topological polar surface area (TPSA) is 106 Å². The van der Waals surface area contributed by atoms with Gasteiger partial charge in [-0.1, -0.05) is 0 Å². The van der Waals surface area contributed by atoms with Gasteiger partial charge in [-0.05, 0) is 64.5 Å². The second kappa shape index (κ2) is 8.80. The summed E-state index contributed by atoms with van der Waals surface area (Å²) in [5.74, 6) is 1.34. The van der Waals surface area contributed by atoms with Gasteiger partial charge in [-0.3, -0.25) is 4.57 Å². The minimum atomic E-state index is -0.882. The van der Waals surface area contributed by atoms with E-state index >= 15 is 0 Å². The molecule has 1 atom stereocenters. The van der Waals surface area contributed by atoms with Crippen molar-refractivity contribution in [2.75, 3.05) is 44.8 Å². The van der Waals surface area contributed by atoms with E-state index in [0.29, 0.717) is 32.1 Å². The van der Waals surface area contributed by atoms with Crippen LogP contribution in [0.25, 0.3) is 22.4 Å². The first-order chi connectivity index (χ1) is 17.0. The molecule has 6 rings (SSSR count). The van der Waals surface area contributed by atoms with Crippen LogP contribution in [0.15, 0.2) is 40.1 Å². The Bertz CT molecular complexity index is 1330. The van der Waals surface area contributed by atoms with Gasteiger partial charge in [-0.25, -0.2) is 14.8 Å². The van der Waals surface area contributed by atoms with Gasteiger partial charge in [0.15, 0.2) is 5.65 Å². The normalized spacial score (nSPS) is 20.1. The van der Waals surface area contributed by atoms with Gasteiger partial charge in [-0.2, -0.15) is 4.98 Å². The molecule has 0 spiro atoms. The largest absolute Gasteiger partial charge is 0.496 e. The van der Waals surface area contributed by atoms with Crippen molar-refractivity contribution in [3.05, 3.63) is 40.1 Å². The fourth-order valence-corrected chi connectivity index (χ4v) is 5.61. The third kappa shape index (κ3) is 3.92. The van der Waals surface area contributed by atoms with Crippen molar-refractivity contribution in [1.82, 2.24) is 24.4 Å². The van der Waals surface area contributed by atoms with E-state index in [1.54, 1.807) is 13.4 Å². The maximum absolute atomic E-state index is 11.4. The third-order valence-electron chi connectivity index (χ3n) is 6.88. The van der Waals surface area contributed by atoms with E-state index < -0.39 is 6.09 Å². The molecule has 0 aliphatic carbocycles. The Labute approximate surface area is 210 Å². The number of fused-ring (bicyclic) bond motifs is 1. The number of anilines is 1. The van der Waals surface area contributed by atoms with E-state index in [4.69, 9.17) is 24.4 Å². The monoisotopic (exact) mass is 540 g/mol. The summed E-state index contributed by atoms with van der Waals surface area (Å²) in [6.45, 7) is 2.84. The molecule has 5 heterocycles. The van der Waals surface area contributed by atoms with Crippen LogP contribution < -0.4 is 9.64 Å². The highest BCUT2D eigenvalue weighted by atomic mass is 79.9. The molecular formula is C24H25BrN6O4. The molecule has 1 amide bonds. The van der Waals surface area contributed by atoms with Gasteiger partial charge in [0.1, 0.15) is 23.2 Å². The van der Waals surface area contributed by atoms with E-state index in [2.05, 4.69) is 20.8 Å². The lowest BCUT2D eigenvalue weighted by Gasteiger charge is -2.25. The molecule has 1 saturated heterocycles. The number of halogens is 1. The van der Waals surface area contributed by atoms with Crippen molar-refractivity contribution >= 4 is 39.1 Å². The molecule has 0 radical (unpaired) electrons. The van der Waals surface area contributed by atoms with Gasteiger partial charge in [0.25, 0.3) is 0 Å². The molecule has 3 aliphatic rings.